The highest BCUT2D eigenvalue weighted by Crippen LogP contribution is 2.56. The molecule has 2 aromatic carbocycles. The summed E-state index contributed by atoms with van der Waals surface area (Å²) in [5.41, 5.74) is 2.98. The zero-order valence-corrected chi connectivity index (χ0v) is 16.5. The Morgan fingerprint density at radius 2 is 1.90 bits per heavy atom. The lowest BCUT2D eigenvalue weighted by atomic mass is 9.90. The number of aryl methyl sites for hydroxylation is 1. The van der Waals surface area contributed by atoms with Gasteiger partial charge in [-0.2, -0.15) is 5.10 Å². The van der Waals surface area contributed by atoms with Gasteiger partial charge in [0.25, 0.3) is 0 Å². The number of carbonyl (C=O) groups excluding carboxylic acids is 2. The summed E-state index contributed by atoms with van der Waals surface area (Å²) in [6.07, 6.45) is 0. The largest absolute Gasteiger partial charge is 0.324 e. The van der Waals surface area contributed by atoms with E-state index in [-0.39, 0.29) is 11.8 Å². The Morgan fingerprint density at radius 1 is 1.14 bits per heavy atom. The Hall–Kier alpha value is -3.13. The van der Waals surface area contributed by atoms with Crippen LogP contribution in [-0.4, -0.2) is 26.8 Å². The number of anilines is 2. The van der Waals surface area contributed by atoms with Crippen molar-refractivity contribution in [1.29, 1.82) is 0 Å². The molecule has 3 aromatic rings. The van der Waals surface area contributed by atoms with Crippen molar-refractivity contribution in [3.63, 3.8) is 0 Å². The summed E-state index contributed by atoms with van der Waals surface area (Å²) in [7, 11) is 0. The maximum absolute atomic E-state index is 14.2. The predicted molar refractivity (Wildman–Crippen MR) is 110 cm³/mol. The zero-order chi connectivity index (χ0) is 20.3. The molecule has 146 valence electrons. The summed E-state index contributed by atoms with van der Waals surface area (Å²) in [5.74, 6) is -0.542. The van der Waals surface area contributed by atoms with Gasteiger partial charge < -0.3 is 10.6 Å². The van der Waals surface area contributed by atoms with Gasteiger partial charge in [-0.25, -0.2) is 9.07 Å². The Morgan fingerprint density at radius 3 is 2.66 bits per heavy atom. The molecule has 0 saturated heterocycles. The third-order valence-corrected chi connectivity index (χ3v) is 6.84. The molecule has 0 bridgehead atoms. The number of para-hydroxylation sites is 1. The van der Waals surface area contributed by atoms with Gasteiger partial charge in [-0.15, -0.1) is 11.8 Å². The molecule has 2 atom stereocenters. The zero-order valence-electron chi connectivity index (χ0n) is 15.7. The van der Waals surface area contributed by atoms with Gasteiger partial charge in [0, 0.05) is 16.8 Å². The highest BCUT2D eigenvalue weighted by Gasteiger charge is 2.55. The number of aromatic nitrogens is 2. The Balaban J connectivity index is 1.85. The van der Waals surface area contributed by atoms with Crippen molar-refractivity contribution in [1.82, 2.24) is 9.78 Å². The maximum Gasteiger partial charge on any atom is 0.250 e. The van der Waals surface area contributed by atoms with Gasteiger partial charge >= 0.3 is 0 Å². The number of amides is 2. The normalized spacial score (nSPS) is 22.7. The number of nitrogens with zero attached hydrogens (tertiary/aromatic N) is 2. The smallest absolute Gasteiger partial charge is 0.250 e. The molecule has 3 heterocycles. The lowest BCUT2D eigenvalue weighted by molar-refractivity contribution is -0.117. The van der Waals surface area contributed by atoms with E-state index in [4.69, 9.17) is 0 Å². The number of benzene rings is 2. The van der Waals surface area contributed by atoms with E-state index >= 15 is 0 Å². The van der Waals surface area contributed by atoms with Gasteiger partial charge in [-0.3, -0.25) is 9.59 Å². The molecule has 0 fully saturated rings. The van der Waals surface area contributed by atoms with Crippen LogP contribution >= 0.6 is 11.8 Å². The van der Waals surface area contributed by atoms with Crippen molar-refractivity contribution < 1.29 is 14.0 Å². The second-order valence-electron chi connectivity index (χ2n) is 7.13. The van der Waals surface area contributed by atoms with E-state index in [1.807, 2.05) is 30.3 Å². The molecular weight excluding hydrogens is 391 g/mol. The van der Waals surface area contributed by atoms with Crippen LogP contribution in [0.4, 0.5) is 15.9 Å². The standard InChI is InChI=1S/C21H17FN4O2S/c1-11-17-18(26(25-11)14-6-4-3-5-7-14)24-19(27)12(2)29-21(17)15-10-13(22)8-9-16(15)23-20(21)28/h3-10,12H,1-2H3,(H,23,28)(H,24,27). The molecule has 8 heteroatoms. The molecule has 2 N–H and O–H groups in total. The van der Waals surface area contributed by atoms with Gasteiger partial charge in [0.1, 0.15) is 11.6 Å². The van der Waals surface area contributed by atoms with Crippen molar-refractivity contribution >= 4 is 35.1 Å². The summed E-state index contributed by atoms with van der Waals surface area (Å²) >= 11 is 1.21. The molecule has 2 aliphatic heterocycles. The van der Waals surface area contributed by atoms with Crippen molar-refractivity contribution in [3.05, 3.63) is 71.2 Å². The molecular formula is C21H17FN4O2S. The summed E-state index contributed by atoms with van der Waals surface area (Å²) in [5, 5.41) is 9.90. The molecule has 6 nitrogen and oxygen atoms in total. The molecule has 2 unspecified atom stereocenters. The molecule has 0 saturated carbocycles. The number of halogens is 1. The van der Waals surface area contributed by atoms with E-state index in [0.29, 0.717) is 28.3 Å². The minimum atomic E-state index is -1.28. The SMILES string of the molecule is Cc1nn(-c2ccccc2)c2c1C1(SC(C)C(=O)N2)C(=O)Nc2ccc(F)cc21. The molecule has 2 aliphatic rings. The number of hydrogen-bond acceptors (Lipinski definition) is 4. The second kappa shape index (κ2) is 6.18. The van der Waals surface area contributed by atoms with E-state index in [1.54, 1.807) is 24.6 Å². The fraction of sp³-hybridized carbons (Fsp3) is 0.190. The number of nitrogens with one attached hydrogen (secondary N) is 2. The fourth-order valence-corrected chi connectivity index (χ4v) is 5.54. The van der Waals surface area contributed by atoms with Crippen LogP contribution in [0.25, 0.3) is 5.69 Å². The minimum Gasteiger partial charge on any atom is -0.324 e. The highest BCUT2D eigenvalue weighted by molar-refractivity contribution is 8.02. The van der Waals surface area contributed by atoms with E-state index in [9.17, 15) is 14.0 Å². The van der Waals surface area contributed by atoms with Crippen LogP contribution in [0, 0.1) is 12.7 Å². The molecule has 1 spiro atoms. The lowest BCUT2D eigenvalue weighted by Gasteiger charge is -2.27. The van der Waals surface area contributed by atoms with Gasteiger partial charge in [0.2, 0.25) is 11.8 Å². The summed E-state index contributed by atoms with van der Waals surface area (Å²) in [6.45, 7) is 3.54. The average molecular weight is 408 g/mol. The van der Waals surface area contributed by atoms with Crippen LogP contribution in [0.3, 0.4) is 0 Å². The summed E-state index contributed by atoms with van der Waals surface area (Å²) < 4.78 is 14.6. The molecule has 5 rings (SSSR count). The Labute approximate surface area is 170 Å². The molecule has 29 heavy (non-hydrogen) atoms. The quantitative estimate of drug-likeness (QED) is 0.645. The maximum atomic E-state index is 14.2. The van der Waals surface area contributed by atoms with Crippen LogP contribution in [0.1, 0.15) is 23.7 Å². The minimum absolute atomic E-state index is 0.233. The number of thioether (sulfide) groups is 1. The first-order valence-electron chi connectivity index (χ1n) is 9.17. The Bertz CT molecular complexity index is 1180. The third-order valence-electron chi connectivity index (χ3n) is 5.31. The number of rotatable bonds is 1. The first-order valence-corrected chi connectivity index (χ1v) is 10.1. The van der Waals surface area contributed by atoms with Crippen LogP contribution in [0.5, 0.6) is 0 Å². The summed E-state index contributed by atoms with van der Waals surface area (Å²) in [6, 6.07) is 13.6. The molecule has 0 aliphatic carbocycles. The van der Waals surface area contributed by atoms with Crippen molar-refractivity contribution in [2.75, 3.05) is 10.6 Å². The lowest BCUT2D eigenvalue weighted by Crippen LogP contribution is -2.34. The average Bonchev–Trinajstić information content (AvgIpc) is 3.12. The van der Waals surface area contributed by atoms with Crippen molar-refractivity contribution in [2.45, 2.75) is 23.8 Å². The number of fused-ring (bicyclic) bond motifs is 4. The van der Waals surface area contributed by atoms with Crippen molar-refractivity contribution in [2.24, 2.45) is 0 Å². The fourth-order valence-electron chi connectivity index (χ4n) is 4.03. The van der Waals surface area contributed by atoms with Gasteiger partial charge in [-0.1, -0.05) is 18.2 Å². The van der Waals surface area contributed by atoms with Gasteiger partial charge in [0.05, 0.1) is 16.6 Å². The van der Waals surface area contributed by atoms with Crippen molar-refractivity contribution in [3.8, 4) is 5.69 Å². The first-order chi connectivity index (χ1) is 13.9. The third kappa shape index (κ3) is 2.45. The van der Waals surface area contributed by atoms with Crippen LogP contribution in [-0.2, 0) is 14.3 Å². The van der Waals surface area contributed by atoms with E-state index in [2.05, 4.69) is 15.7 Å². The van der Waals surface area contributed by atoms with Crippen LogP contribution in [0.15, 0.2) is 48.5 Å². The second-order valence-corrected chi connectivity index (χ2v) is 8.69. The van der Waals surface area contributed by atoms with Crippen LogP contribution in [0.2, 0.25) is 0 Å². The molecule has 1 aromatic heterocycles. The predicted octanol–water partition coefficient (Wildman–Crippen LogP) is 3.59. The van der Waals surface area contributed by atoms with Crippen LogP contribution < -0.4 is 10.6 Å². The van der Waals surface area contributed by atoms with Gasteiger partial charge in [0.15, 0.2) is 4.75 Å². The summed E-state index contributed by atoms with van der Waals surface area (Å²) in [4.78, 5) is 26.2. The molecule has 2 amide bonds. The van der Waals surface area contributed by atoms with E-state index in [1.165, 1.54) is 23.9 Å². The first kappa shape index (κ1) is 17.9. The van der Waals surface area contributed by atoms with E-state index < -0.39 is 15.8 Å². The number of hydrogen-bond donors (Lipinski definition) is 2. The van der Waals surface area contributed by atoms with Gasteiger partial charge in [-0.05, 0) is 44.2 Å². The Kier molecular flexibility index (Phi) is 3.82. The highest BCUT2D eigenvalue weighted by atomic mass is 32.2. The van der Waals surface area contributed by atoms with E-state index in [0.717, 1.165) is 5.69 Å². The number of carbonyl (C=O) groups is 2. The molecule has 0 radical (unpaired) electrons. The topological polar surface area (TPSA) is 76.0 Å². The monoisotopic (exact) mass is 408 g/mol.